The van der Waals surface area contributed by atoms with E-state index in [-0.39, 0.29) is 5.56 Å². The molecule has 4 heteroatoms. The Morgan fingerprint density at radius 1 is 1.25 bits per heavy atom. The number of nitriles is 1. The summed E-state index contributed by atoms with van der Waals surface area (Å²) in [4.78, 5) is 10.9. The van der Waals surface area contributed by atoms with Crippen LogP contribution in [0.15, 0.2) is 42.5 Å². The minimum Gasteiger partial charge on any atom is -0.478 e. The van der Waals surface area contributed by atoms with Crippen molar-refractivity contribution in [2.45, 2.75) is 13.3 Å². The molecular weight excluding hydrogens is 254 g/mol. The van der Waals surface area contributed by atoms with Crippen molar-refractivity contribution in [2.24, 2.45) is 0 Å². The van der Waals surface area contributed by atoms with Gasteiger partial charge in [-0.05, 0) is 48.4 Å². The maximum atomic E-state index is 10.9. The third-order valence-electron chi connectivity index (χ3n) is 2.86. The highest BCUT2D eigenvalue weighted by molar-refractivity contribution is 5.88. The Labute approximate surface area is 116 Å². The van der Waals surface area contributed by atoms with Crippen LogP contribution in [-0.2, 0) is 6.42 Å². The van der Waals surface area contributed by atoms with Crippen LogP contribution in [0, 0.1) is 18.3 Å². The first kappa shape index (κ1) is 13.6. The van der Waals surface area contributed by atoms with E-state index in [1.165, 1.54) is 6.07 Å². The maximum Gasteiger partial charge on any atom is 0.335 e. The molecule has 0 aliphatic carbocycles. The number of hydrogen-bond donors (Lipinski definition) is 1. The Morgan fingerprint density at radius 2 is 1.95 bits per heavy atom. The molecule has 0 aromatic heterocycles. The molecule has 2 rings (SSSR count). The van der Waals surface area contributed by atoms with Crippen LogP contribution in [0.25, 0.3) is 0 Å². The standard InChI is InChI=1S/C16H13NO3/c1-11-10-13(16(18)19)4-7-15(11)20-14-5-2-12(3-6-14)8-9-17/h2-7,10H,8H2,1H3,(H,18,19). The Hall–Kier alpha value is -2.80. The molecule has 4 nitrogen and oxygen atoms in total. The summed E-state index contributed by atoms with van der Waals surface area (Å²) in [6, 6.07) is 14.0. The predicted molar refractivity (Wildman–Crippen MR) is 74.0 cm³/mol. The van der Waals surface area contributed by atoms with Crippen molar-refractivity contribution in [3.05, 3.63) is 59.2 Å². The molecule has 100 valence electrons. The number of benzene rings is 2. The van der Waals surface area contributed by atoms with Crippen LogP contribution in [0.1, 0.15) is 21.5 Å². The first-order valence-corrected chi connectivity index (χ1v) is 6.08. The van der Waals surface area contributed by atoms with Crippen molar-refractivity contribution in [1.29, 1.82) is 5.26 Å². The van der Waals surface area contributed by atoms with Crippen LogP contribution in [0.5, 0.6) is 11.5 Å². The van der Waals surface area contributed by atoms with Gasteiger partial charge < -0.3 is 9.84 Å². The van der Waals surface area contributed by atoms with Gasteiger partial charge in [-0.1, -0.05) is 12.1 Å². The molecule has 0 amide bonds. The lowest BCUT2D eigenvalue weighted by Gasteiger charge is -2.09. The van der Waals surface area contributed by atoms with Gasteiger partial charge in [0.1, 0.15) is 11.5 Å². The largest absolute Gasteiger partial charge is 0.478 e. The van der Waals surface area contributed by atoms with Crippen molar-refractivity contribution in [2.75, 3.05) is 0 Å². The minimum absolute atomic E-state index is 0.235. The van der Waals surface area contributed by atoms with Gasteiger partial charge in [0.2, 0.25) is 0 Å². The number of carboxylic acid groups (broad SMARTS) is 1. The summed E-state index contributed by atoms with van der Waals surface area (Å²) < 4.78 is 5.70. The van der Waals surface area contributed by atoms with E-state index in [2.05, 4.69) is 6.07 Å². The molecule has 0 aliphatic heterocycles. The highest BCUT2D eigenvalue weighted by Gasteiger charge is 2.07. The van der Waals surface area contributed by atoms with Crippen LogP contribution < -0.4 is 4.74 Å². The SMILES string of the molecule is Cc1cc(C(=O)O)ccc1Oc1ccc(CC#N)cc1. The summed E-state index contributed by atoms with van der Waals surface area (Å²) in [5.74, 6) is 0.307. The number of nitrogens with zero attached hydrogens (tertiary/aromatic N) is 1. The summed E-state index contributed by atoms with van der Waals surface area (Å²) in [6.07, 6.45) is 0.368. The van der Waals surface area contributed by atoms with E-state index in [4.69, 9.17) is 15.1 Å². The summed E-state index contributed by atoms with van der Waals surface area (Å²) >= 11 is 0. The second kappa shape index (κ2) is 5.89. The highest BCUT2D eigenvalue weighted by atomic mass is 16.5. The third kappa shape index (κ3) is 3.15. The van der Waals surface area contributed by atoms with E-state index in [1.807, 2.05) is 12.1 Å². The summed E-state index contributed by atoms with van der Waals surface area (Å²) in [5.41, 5.74) is 1.92. The fourth-order valence-corrected chi connectivity index (χ4v) is 1.79. The van der Waals surface area contributed by atoms with E-state index < -0.39 is 5.97 Å². The average Bonchev–Trinajstić information content (AvgIpc) is 2.43. The number of carboxylic acids is 1. The highest BCUT2D eigenvalue weighted by Crippen LogP contribution is 2.26. The lowest BCUT2D eigenvalue weighted by molar-refractivity contribution is 0.0697. The maximum absolute atomic E-state index is 10.9. The first-order valence-electron chi connectivity index (χ1n) is 6.08. The van der Waals surface area contributed by atoms with Crippen molar-refractivity contribution < 1.29 is 14.6 Å². The van der Waals surface area contributed by atoms with Crippen LogP contribution in [0.4, 0.5) is 0 Å². The van der Waals surface area contributed by atoms with Crippen molar-refractivity contribution in [3.8, 4) is 17.6 Å². The molecule has 2 aromatic rings. The second-order valence-electron chi connectivity index (χ2n) is 4.37. The molecule has 0 fully saturated rings. The van der Waals surface area contributed by atoms with E-state index in [1.54, 1.807) is 31.2 Å². The summed E-state index contributed by atoms with van der Waals surface area (Å²) in [7, 11) is 0. The molecule has 0 saturated heterocycles. The van der Waals surface area contributed by atoms with E-state index in [0.717, 1.165) is 11.1 Å². The zero-order chi connectivity index (χ0) is 14.5. The molecule has 0 spiro atoms. The van der Waals surface area contributed by atoms with Crippen LogP contribution in [0.3, 0.4) is 0 Å². The minimum atomic E-state index is -0.958. The lowest BCUT2D eigenvalue weighted by atomic mass is 10.1. The van der Waals surface area contributed by atoms with Gasteiger partial charge in [-0.15, -0.1) is 0 Å². The smallest absolute Gasteiger partial charge is 0.335 e. The van der Waals surface area contributed by atoms with Gasteiger partial charge in [0.05, 0.1) is 18.1 Å². The third-order valence-corrected chi connectivity index (χ3v) is 2.86. The van der Waals surface area contributed by atoms with Gasteiger partial charge in [0.15, 0.2) is 0 Å². The molecule has 20 heavy (non-hydrogen) atoms. The molecule has 0 radical (unpaired) electrons. The molecule has 0 aliphatic rings. The number of carbonyl (C=O) groups is 1. The van der Waals surface area contributed by atoms with Crippen LogP contribution in [0.2, 0.25) is 0 Å². The fraction of sp³-hybridized carbons (Fsp3) is 0.125. The van der Waals surface area contributed by atoms with E-state index in [0.29, 0.717) is 17.9 Å². The number of aryl methyl sites for hydroxylation is 1. The van der Waals surface area contributed by atoms with Crippen molar-refractivity contribution >= 4 is 5.97 Å². The van der Waals surface area contributed by atoms with E-state index >= 15 is 0 Å². The molecule has 0 atom stereocenters. The quantitative estimate of drug-likeness (QED) is 0.919. The molecule has 0 saturated carbocycles. The van der Waals surface area contributed by atoms with Gasteiger partial charge in [-0.2, -0.15) is 5.26 Å². The van der Waals surface area contributed by atoms with Crippen LogP contribution in [-0.4, -0.2) is 11.1 Å². The summed E-state index contributed by atoms with van der Waals surface area (Å²) in [6.45, 7) is 1.80. The van der Waals surface area contributed by atoms with Gasteiger partial charge in [-0.3, -0.25) is 0 Å². The Bertz CT molecular complexity index is 669. The Balaban J connectivity index is 2.17. The Morgan fingerprint density at radius 3 is 2.50 bits per heavy atom. The topological polar surface area (TPSA) is 70.3 Å². The molecule has 0 bridgehead atoms. The monoisotopic (exact) mass is 267 g/mol. The number of hydrogen-bond acceptors (Lipinski definition) is 3. The van der Waals surface area contributed by atoms with Crippen LogP contribution >= 0.6 is 0 Å². The molecule has 1 N–H and O–H groups in total. The van der Waals surface area contributed by atoms with Gasteiger partial charge >= 0.3 is 5.97 Å². The lowest BCUT2D eigenvalue weighted by Crippen LogP contribution is -1.97. The van der Waals surface area contributed by atoms with Gasteiger partial charge in [0, 0.05) is 0 Å². The Kier molecular flexibility index (Phi) is 4.02. The molecule has 0 unspecified atom stereocenters. The van der Waals surface area contributed by atoms with Crippen molar-refractivity contribution in [1.82, 2.24) is 0 Å². The first-order chi connectivity index (χ1) is 9.60. The molecule has 0 heterocycles. The zero-order valence-electron chi connectivity index (χ0n) is 11.0. The number of ether oxygens (including phenoxy) is 1. The van der Waals surface area contributed by atoms with Gasteiger partial charge in [-0.25, -0.2) is 4.79 Å². The number of aromatic carboxylic acids is 1. The summed E-state index contributed by atoms with van der Waals surface area (Å²) in [5, 5.41) is 17.5. The number of rotatable bonds is 4. The second-order valence-corrected chi connectivity index (χ2v) is 4.37. The van der Waals surface area contributed by atoms with E-state index in [9.17, 15) is 4.79 Å². The fourth-order valence-electron chi connectivity index (χ4n) is 1.79. The zero-order valence-corrected chi connectivity index (χ0v) is 11.0. The molecular formula is C16H13NO3. The molecule has 2 aromatic carbocycles. The van der Waals surface area contributed by atoms with Gasteiger partial charge in [0.25, 0.3) is 0 Å². The normalized spacial score (nSPS) is 9.80. The van der Waals surface area contributed by atoms with Crippen molar-refractivity contribution in [3.63, 3.8) is 0 Å². The predicted octanol–water partition coefficient (Wildman–Crippen LogP) is 3.55. The average molecular weight is 267 g/mol.